The van der Waals surface area contributed by atoms with Crippen LogP contribution in [0.3, 0.4) is 0 Å². The van der Waals surface area contributed by atoms with Crippen molar-refractivity contribution in [1.82, 2.24) is 9.97 Å². The lowest BCUT2D eigenvalue weighted by molar-refractivity contribution is 0.297. The van der Waals surface area contributed by atoms with Crippen molar-refractivity contribution in [3.05, 3.63) is 30.1 Å². The van der Waals surface area contributed by atoms with Gasteiger partial charge in [-0.05, 0) is 25.1 Å². The lowest BCUT2D eigenvalue weighted by atomic mass is 10.3. The number of nitrogens with zero attached hydrogens (tertiary/aromatic N) is 2. The van der Waals surface area contributed by atoms with E-state index in [0.717, 1.165) is 27.8 Å². The molecule has 6 nitrogen and oxygen atoms in total. The summed E-state index contributed by atoms with van der Waals surface area (Å²) in [5.74, 6) is 8.24. The fraction of sp³-hybridized carbons (Fsp3) is 0.286. The van der Waals surface area contributed by atoms with Gasteiger partial charge in [0, 0.05) is 17.4 Å². The van der Waals surface area contributed by atoms with Gasteiger partial charge in [0.05, 0.1) is 13.2 Å². The van der Waals surface area contributed by atoms with Crippen molar-refractivity contribution >= 4 is 17.6 Å². The van der Waals surface area contributed by atoms with Gasteiger partial charge in [0.2, 0.25) is 0 Å². The van der Waals surface area contributed by atoms with Crippen molar-refractivity contribution in [3.63, 3.8) is 0 Å². The van der Waals surface area contributed by atoms with Crippen LogP contribution in [-0.4, -0.2) is 23.2 Å². The highest BCUT2D eigenvalue weighted by molar-refractivity contribution is 7.99. The Kier molecular flexibility index (Phi) is 4.12. The number of aryl methyl sites for hydroxylation is 1. The van der Waals surface area contributed by atoms with Gasteiger partial charge in [-0.2, -0.15) is 0 Å². The summed E-state index contributed by atoms with van der Waals surface area (Å²) in [6.45, 7) is 3.20. The number of benzene rings is 1. The summed E-state index contributed by atoms with van der Waals surface area (Å²) >= 11 is 1.53. The van der Waals surface area contributed by atoms with Crippen molar-refractivity contribution in [2.75, 3.05) is 18.6 Å². The first-order valence-corrected chi connectivity index (χ1v) is 7.46. The number of anilines is 1. The molecule has 2 heterocycles. The highest BCUT2D eigenvalue weighted by atomic mass is 32.2. The van der Waals surface area contributed by atoms with Crippen LogP contribution in [-0.2, 0) is 0 Å². The van der Waals surface area contributed by atoms with Gasteiger partial charge in [-0.3, -0.25) is 0 Å². The van der Waals surface area contributed by atoms with E-state index in [1.54, 1.807) is 6.07 Å². The van der Waals surface area contributed by atoms with E-state index in [4.69, 9.17) is 15.3 Å². The molecule has 7 heteroatoms. The van der Waals surface area contributed by atoms with E-state index >= 15 is 0 Å². The van der Waals surface area contributed by atoms with E-state index in [2.05, 4.69) is 15.4 Å². The number of hydrogen-bond donors (Lipinski definition) is 2. The maximum absolute atomic E-state index is 5.69. The van der Waals surface area contributed by atoms with Crippen LogP contribution in [0, 0.1) is 6.92 Å². The predicted octanol–water partition coefficient (Wildman–Crippen LogP) is 2.38. The molecule has 0 unspecified atom stereocenters. The van der Waals surface area contributed by atoms with Gasteiger partial charge in [0.25, 0.3) is 0 Å². The Labute approximate surface area is 127 Å². The Bertz CT molecular complexity index is 651. The van der Waals surface area contributed by atoms with Crippen molar-refractivity contribution in [2.24, 2.45) is 5.84 Å². The zero-order valence-electron chi connectivity index (χ0n) is 11.6. The number of aromatic nitrogens is 2. The summed E-state index contributed by atoms with van der Waals surface area (Å²) in [4.78, 5) is 9.59. The number of hydrazine groups is 1. The second-order valence-electron chi connectivity index (χ2n) is 4.54. The summed E-state index contributed by atoms with van der Waals surface area (Å²) < 4.78 is 11.3. The molecule has 0 bridgehead atoms. The number of nitrogens with one attached hydrogen (secondary N) is 1. The average Bonchev–Trinajstić information content (AvgIpc) is 2.71. The first-order valence-electron chi connectivity index (χ1n) is 6.64. The van der Waals surface area contributed by atoms with Gasteiger partial charge < -0.3 is 14.9 Å². The normalized spacial score (nSPS) is 13.6. The van der Waals surface area contributed by atoms with Crippen LogP contribution < -0.4 is 20.7 Å². The van der Waals surface area contributed by atoms with Crippen LogP contribution in [0.5, 0.6) is 11.5 Å². The Balaban J connectivity index is 1.85. The molecule has 0 atom stereocenters. The number of rotatable bonds is 3. The molecule has 0 fully saturated rings. The smallest absolute Gasteiger partial charge is 0.162 e. The summed E-state index contributed by atoms with van der Waals surface area (Å²) in [6.07, 6.45) is 0.897. The van der Waals surface area contributed by atoms with E-state index in [-0.39, 0.29) is 0 Å². The minimum absolute atomic E-state index is 0.597. The molecule has 1 aliphatic rings. The molecule has 0 amide bonds. The molecule has 1 aliphatic heterocycles. The van der Waals surface area contributed by atoms with Crippen molar-refractivity contribution < 1.29 is 9.47 Å². The lowest BCUT2D eigenvalue weighted by Crippen LogP contribution is -2.09. The van der Waals surface area contributed by atoms with Crippen LogP contribution in [0.1, 0.15) is 12.2 Å². The van der Waals surface area contributed by atoms with Crippen LogP contribution in [0.25, 0.3) is 0 Å². The summed E-state index contributed by atoms with van der Waals surface area (Å²) in [7, 11) is 0. The molecule has 110 valence electrons. The third kappa shape index (κ3) is 3.37. The molecule has 3 N–H and O–H groups in total. The fourth-order valence-corrected chi connectivity index (χ4v) is 2.89. The molecule has 0 aliphatic carbocycles. The van der Waals surface area contributed by atoms with Gasteiger partial charge in [-0.15, -0.1) is 0 Å². The van der Waals surface area contributed by atoms with E-state index < -0.39 is 0 Å². The Hall–Kier alpha value is -1.99. The molecule has 1 aromatic heterocycles. The number of nitrogen functional groups attached to an aromatic ring is 1. The third-order valence-electron chi connectivity index (χ3n) is 2.90. The first kappa shape index (κ1) is 14.0. The van der Waals surface area contributed by atoms with Gasteiger partial charge in [-0.1, -0.05) is 11.8 Å². The molecule has 3 rings (SSSR count). The topological polar surface area (TPSA) is 82.3 Å². The Morgan fingerprint density at radius 2 is 1.95 bits per heavy atom. The molecule has 2 aromatic rings. The number of nitrogens with two attached hydrogens (primary N) is 1. The number of ether oxygens (including phenoxy) is 2. The van der Waals surface area contributed by atoms with E-state index in [1.165, 1.54) is 11.8 Å². The van der Waals surface area contributed by atoms with E-state index in [0.29, 0.717) is 24.9 Å². The lowest BCUT2D eigenvalue weighted by Gasteiger charge is -2.09. The van der Waals surface area contributed by atoms with Gasteiger partial charge in [0.1, 0.15) is 16.7 Å². The molecule has 21 heavy (non-hydrogen) atoms. The largest absolute Gasteiger partial charge is 0.490 e. The minimum Gasteiger partial charge on any atom is -0.490 e. The molecule has 0 spiro atoms. The highest BCUT2D eigenvalue weighted by Crippen LogP contribution is 2.36. The van der Waals surface area contributed by atoms with E-state index in [9.17, 15) is 0 Å². The second-order valence-corrected chi connectivity index (χ2v) is 5.64. The van der Waals surface area contributed by atoms with Crippen LogP contribution >= 0.6 is 11.8 Å². The van der Waals surface area contributed by atoms with Crippen LogP contribution in [0.15, 0.2) is 34.2 Å². The third-order valence-corrected chi connectivity index (χ3v) is 3.81. The molecule has 0 saturated heterocycles. The average molecular weight is 304 g/mol. The molecular weight excluding hydrogens is 288 g/mol. The van der Waals surface area contributed by atoms with Gasteiger partial charge >= 0.3 is 0 Å². The second kappa shape index (κ2) is 6.19. The first-order chi connectivity index (χ1) is 10.2. The Morgan fingerprint density at radius 1 is 1.14 bits per heavy atom. The quantitative estimate of drug-likeness (QED) is 0.512. The monoisotopic (exact) mass is 304 g/mol. The summed E-state index contributed by atoms with van der Waals surface area (Å²) in [5, 5.41) is 0.824. The SMILES string of the molecule is Cc1nc(NN)cc(Sc2ccc3c(c2)OCCCO3)n1. The van der Waals surface area contributed by atoms with Gasteiger partial charge in [0.15, 0.2) is 11.5 Å². The highest BCUT2D eigenvalue weighted by Gasteiger charge is 2.12. The van der Waals surface area contributed by atoms with Crippen LogP contribution in [0.4, 0.5) is 5.82 Å². The number of fused-ring (bicyclic) bond motifs is 1. The summed E-state index contributed by atoms with van der Waals surface area (Å²) in [6, 6.07) is 7.70. The van der Waals surface area contributed by atoms with E-state index in [1.807, 2.05) is 25.1 Å². The minimum atomic E-state index is 0.597. The molecule has 0 saturated carbocycles. The maximum Gasteiger partial charge on any atom is 0.162 e. The molecular formula is C14H16N4O2S. The van der Waals surface area contributed by atoms with Gasteiger partial charge in [-0.25, -0.2) is 15.8 Å². The van der Waals surface area contributed by atoms with Crippen molar-refractivity contribution in [1.29, 1.82) is 0 Å². The molecule has 0 radical (unpaired) electrons. The zero-order valence-corrected chi connectivity index (χ0v) is 12.4. The number of hydrogen-bond acceptors (Lipinski definition) is 7. The summed E-state index contributed by atoms with van der Waals surface area (Å²) in [5.41, 5.74) is 2.54. The standard InChI is InChI=1S/C14H16N4O2S/c1-9-16-13(18-15)8-14(17-9)21-10-3-4-11-12(7-10)20-6-2-5-19-11/h3-4,7-8H,2,5-6,15H2,1H3,(H,16,17,18). The van der Waals surface area contributed by atoms with Crippen molar-refractivity contribution in [3.8, 4) is 11.5 Å². The fourth-order valence-electron chi connectivity index (χ4n) is 1.99. The van der Waals surface area contributed by atoms with Crippen LogP contribution in [0.2, 0.25) is 0 Å². The maximum atomic E-state index is 5.69. The predicted molar refractivity (Wildman–Crippen MR) is 80.8 cm³/mol. The molecule has 1 aromatic carbocycles. The zero-order chi connectivity index (χ0) is 14.7. The Morgan fingerprint density at radius 3 is 2.76 bits per heavy atom. The van der Waals surface area contributed by atoms with Crippen molar-refractivity contribution in [2.45, 2.75) is 23.3 Å².